The number of rotatable bonds is 11. The number of hydrogen-bond donors (Lipinski definition) is 1. The van der Waals surface area contributed by atoms with E-state index in [2.05, 4.69) is 4.98 Å². The summed E-state index contributed by atoms with van der Waals surface area (Å²) in [5.41, 5.74) is 0.844. The lowest BCUT2D eigenvalue weighted by atomic mass is 10.00. The highest BCUT2D eigenvalue weighted by Crippen LogP contribution is 2.52. The van der Waals surface area contributed by atoms with Crippen molar-refractivity contribution in [2.75, 3.05) is 26.6 Å². The molecule has 2 aromatic carbocycles. The Balaban J connectivity index is 1.59. The fraction of sp³-hybridized carbons (Fsp3) is 0.333. The first-order valence-corrected chi connectivity index (χ1v) is 12.5. The van der Waals surface area contributed by atoms with E-state index in [9.17, 15) is 26.7 Å². The van der Waals surface area contributed by atoms with Crippen LogP contribution in [0.5, 0.6) is 23.0 Å². The molecule has 16 heteroatoms. The number of aromatic nitrogens is 2. The van der Waals surface area contributed by atoms with Crippen LogP contribution in [0, 0.1) is 5.82 Å². The quantitative estimate of drug-likeness (QED) is 0.245. The van der Waals surface area contributed by atoms with Crippen molar-refractivity contribution in [2.45, 2.75) is 30.6 Å². The van der Waals surface area contributed by atoms with Crippen molar-refractivity contribution in [1.29, 1.82) is 0 Å². The van der Waals surface area contributed by atoms with E-state index in [-0.39, 0.29) is 16.1 Å². The third kappa shape index (κ3) is 6.37. The van der Waals surface area contributed by atoms with E-state index in [0.29, 0.717) is 17.7 Å². The molecule has 2 unspecified atom stereocenters. The SMILES string of the molecule is COc1ccc(OP(OCC2(C(F)F)CC(F)(F)C(n3cc(F)c(N)nc3=O)O2)Oc2ccc(OC)cc2)cc1. The molecule has 4 rings (SSSR count). The molecule has 0 amide bonds. The first-order valence-electron chi connectivity index (χ1n) is 11.4. The maximum Gasteiger partial charge on any atom is 0.463 e. The smallest absolute Gasteiger partial charge is 0.463 e. The molecular formula is C24H23F5N3O7P. The summed E-state index contributed by atoms with van der Waals surface area (Å²) in [5.74, 6) is -4.82. The first-order chi connectivity index (χ1) is 19.0. The number of nitrogens with zero attached hydrogens (tertiary/aromatic N) is 2. The molecule has 216 valence electrons. The lowest BCUT2D eigenvalue weighted by Gasteiger charge is -2.28. The first kappa shape index (κ1) is 29.3. The number of anilines is 1. The van der Waals surface area contributed by atoms with Crippen LogP contribution in [0.4, 0.5) is 27.8 Å². The lowest BCUT2D eigenvalue weighted by molar-refractivity contribution is -0.181. The minimum Gasteiger partial charge on any atom is -0.497 e. The molecule has 2 N–H and O–H groups in total. The molecule has 2 heterocycles. The zero-order valence-electron chi connectivity index (χ0n) is 20.9. The van der Waals surface area contributed by atoms with Gasteiger partial charge in [-0.2, -0.15) is 4.98 Å². The monoisotopic (exact) mass is 591 g/mol. The molecule has 1 aromatic heterocycles. The van der Waals surface area contributed by atoms with Crippen LogP contribution in [-0.4, -0.2) is 48.3 Å². The van der Waals surface area contributed by atoms with Gasteiger partial charge in [0, 0.05) is 0 Å². The van der Waals surface area contributed by atoms with Crippen LogP contribution in [0.25, 0.3) is 0 Å². The molecule has 2 atom stereocenters. The molecule has 0 saturated carbocycles. The second-order valence-corrected chi connectivity index (χ2v) is 9.54. The molecule has 1 aliphatic rings. The predicted octanol–water partition coefficient (Wildman–Crippen LogP) is 4.94. The van der Waals surface area contributed by atoms with Crippen molar-refractivity contribution in [3.05, 3.63) is 71.0 Å². The molecular weight excluding hydrogens is 568 g/mol. The van der Waals surface area contributed by atoms with Crippen molar-refractivity contribution in [1.82, 2.24) is 9.55 Å². The highest BCUT2D eigenvalue weighted by atomic mass is 31.2. The summed E-state index contributed by atoms with van der Waals surface area (Å²) in [7, 11) is 0.383. The van der Waals surface area contributed by atoms with Crippen LogP contribution in [0.3, 0.4) is 0 Å². The van der Waals surface area contributed by atoms with Crippen LogP contribution in [0.2, 0.25) is 0 Å². The third-order valence-electron chi connectivity index (χ3n) is 5.72. The van der Waals surface area contributed by atoms with Gasteiger partial charge in [0.15, 0.2) is 17.2 Å². The van der Waals surface area contributed by atoms with Crippen LogP contribution in [-0.2, 0) is 9.26 Å². The van der Waals surface area contributed by atoms with Crippen LogP contribution in [0.15, 0.2) is 59.5 Å². The van der Waals surface area contributed by atoms with Gasteiger partial charge in [0.05, 0.1) is 33.4 Å². The Kier molecular flexibility index (Phi) is 8.66. The van der Waals surface area contributed by atoms with E-state index in [1.807, 2.05) is 0 Å². The number of benzene rings is 2. The van der Waals surface area contributed by atoms with Gasteiger partial charge in [-0.3, -0.25) is 9.09 Å². The van der Waals surface area contributed by atoms with E-state index in [1.54, 1.807) is 24.3 Å². The fourth-order valence-corrected chi connectivity index (χ4v) is 4.73. The number of nitrogens with two attached hydrogens (primary N) is 1. The fourth-order valence-electron chi connectivity index (χ4n) is 3.68. The Morgan fingerprint density at radius 1 is 1.02 bits per heavy atom. The van der Waals surface area contributed by atoms with Gasteiger partial charge in [0.2, 0.25) is 6.23 Å². The number of nitrogen functional groups attached to an aromatic ring is 1. The molecule has 0 bridgehead atoms. The molecule has 3 aromatic rings. The predicted molar refractivity (Wildman–Crippen MR) is 131 cm³/mol. The normalized spacial score (nSPS) is 20.1. The summed E-state index contributed by atoms with van der Waals surface area (Å²) in [5, 5.41) is 0. The molecule has 0 aliphatic carbocycles. The second-order valence-electron chi connectivity index (χ2n) is 8.47. The molecule has 1 fully saturated rings. The van der Waals surface area contributed by atoms with E-state index in [0.717, 1.165) is 0 Å². The zero-order valence-corrected chi connectivity index (χ0v) is 21.8. The van der Waals surface area contributed by atoms with Crippen molar-refractivity contribution >= 4 is 14.4 Å². The Labute approximate surface area is 225 Å². The van der Waals surface area contributed by atoms with Crippen molar-refractivity contribution < 1.29 is 49.7 Å². The van der Waals surface area contributed by atoms with Crippen LogP contribution in [0.1, 0.15) is 12.6 Å². The van der Waals surface area contributed by atoms with Crippen LogP contribution >= 0.6 is 8.60 Å². The van der Waals surface area contributed by atoms with Gasteiger partial charge in [0.1, 0.15) is 23.0 Å². The Morgan fingerprint density at radius 2 is 1.52 bits per heavy atom. The standard InChI is InChI=1S/C24H23F5N3O7P/c1-34-14-3-7-16(8-4-14)38-40(39-17-9-5-15(35-2)6-10-17)36-13-23(20(26)27)12-24(28,29)21(37-23)32-11-18(25)19(30)31-22(32)33/h3-11,20-21H,12-13H2,1-2H3,(H2,30,31,33). The van der Waals surface area contributed by atoms with E-state index < -0.39 is 63.1 Å². The largest absolute Gasteiger partial charge is 0.497 e. The van der Waals surface area contributed by atoms with Gasteiger partial charge in [-0.25, -0.2) is 26.7 Å². The minimum absolute atomic E-state index is 0.0698. The molecule has 0 spiro atoms. The summed E-state index contributed by atoms with van der Waals surface area (Å²) in [6.07, 6.45) is -7.39. The molecule has 1 saturated heterocycles. The highest BCUT2D eigenvalue weighted by molar-refractivity contribution is 7.42. The number of alkyl halides is 4. The summed E-state index contributed by atoms with van der Waals surface area (Å²) >= 11 is 0. The third-order valence-corrected chi connectivity index (χ3v) is 6.78. The second kappa shape index (κ2) is 11.8. The highest BCUT2D eigenvalue weighted by Gasteiger charge is 2.63. The van der Waals surface area contributed by atoms with E-state index in [1.165, 1.54) is 38.5 Å². The summed E-state index contributed by atoms with van der Waals surface area (Å²) in [4.78, 5) is 15.2. The summed E-state index contributed by atoms with van der Waals surface area (Å²) in [6, 6.07) is 12.2. The van der Waals surface area contributed by atoms with Gasteiger partial charge in [-0.15, -0.1) is 0 Å². The van der Waals surface area contributed by atoms with Gasteiger partial charge in [0.25, 0.3) is 12.3 Å². The van der Waals surface area contributed by atoms with Gasteiger partial charge in [-0.1, -0.05) is 0 Å². The van der Waals surface area contributed by atoms with Gasteiger partial charge < -0.3 is 29.0 Å². The topological polar surface area (TPSA) is 116 Å². The van der Waals surface area contributed by atoms with Crippen LogP contribution < -0.4 is 29.9 Å². The number of halogens is 5. The zero-order chi connectivity index (χ0) is 29.1. The minimum atomic E-state index is -4.05. The Hall–Kier alpha value is -3.68. The molecule has 10 nitrogen and oxygen atoms in total. The number of methoxy groups -OCH3 is 2. The van der Waals surface area contributed by atoms with Gasteiger partial charge >= 0.3 is 14.3 Å². The summed E-state index contributed by atoms with van der Waals surface area (Å²) < 4.78 is 105. The Bertz CT molecular complexity index is 1310. The maximum atomic E-state index is 15.0. The molecule has 40 heavy (non-hydrogen) atoms. The number of ether oxygens (including phenoxy) is 3. The van der Waals surface area contributed by atoms with Crippen molar-refractivity contribution in [2.24, 2.45) is 0 Å². The average Bonchev–Trinajstić information content (AvgIpc) is 3.21. The number of hydrogen-bond acceptors (Lipinski definition) is 9. The average molecular weight is 591 g/mol. The molecule has 1 aliphatic heterocycles. The van der Waals surface area contributed by atoms with Crippen molar-refractivity contribution in [3.63, 3.8) is 0 Å². The maximum absolute atomic E-state index is 15.0. The van der Waals surface area contributed by atoms with Crippen molar-refractivity contribution in [3.8, 4) is 23.0 Å². The summed E-state index contributed by atoms with van der Waals surface area (Å²) in [6.45, 7) is -1.14. The van der Waals surface area contributed by atoms with E-state index in [4.69, 9.17) is 33.5 Å². The lowest BCUT2D eigenvalue weighted by Crippen LogP contribution is -2.42. The van der Waals surface area contributed by atoms with Gasteiger partial charge in [-0.05, 0) is 48.5 Å². The Morgan fingerprint density at radius 3 is 2.00 bits per heavy atom. The van der Waals surface area contributed by atoms with E-state index >= 15 is 0 Å². The molecule has 0 radical (unpaired) electrons.